The van der Waals surface area contributed by atoms with Crippen LogP contribution in [-0.2, 0) is 0 Å². The first kappa shape index (κ1) is 12.8. The smallest absolute Gasteiger partial charge is 0.311 e. The lowest BCUT2D eigenvalue weighted by atomic mass is 10.1. The van der Waals surface area contributed by atoms with Crippen LogP contribution in [0, 0.1) is 0 Å². The van der Waals surface area contributed by atoms with Gasteiger partial charge in [0.25, 0.3) is 0 Å². The lowest BCUT2D eigenvalue weighted by Gasteiger charge is -2.41. The molecule has 2 nitrogen and oxygen atoms in total. The van der Waals surface area contributed by atoms with Crippen molar-refractivity contribution in [3.05, 3.63) is 0 Å². The van der Waals surface area contributed by atoms with Gasteiger partial charge in [-0.3, -0.25) is 4.90 Å². The number of alkyl halides is 3. The van der Waals surface area contributed by atoms with E-state index in [0.29, 0.717) is 6.54 Å². The van der Waals surface area contributed by atoms with Crippen LogP contribution in [-0.4, -0.2) is 42.3 Å². The van der Waals surface area contributed by atoms with Crippen molar-refractivity contribution in [1.82, 2.24) is 10.2 Å². The van der Waals surface area contributed by atoms with Gasteiger partial charge in [-0.05, 0) is 20.8 Å². The minimum Gasteiger partial charge on any atom is -0.311 e. The molecule has 1 rings (SSSR count). The maximum Gasteiger partial charge on any atom is 0.390 e. The van der Waals surface area contributed by atoms with Crippen molar-refractivity contribution < 1.29 is 13.2 Å². The Morgan fingerprint density at radius 2 is 2.00 bits per heavy atom. The van der Waals surface area contributed by atoms with E-state index in [-0.39, 0.29) is 12.1 Å². The van der Waals surface area contributed by atoms with Crippen LogP contribution in [0.2, 0.25) is 0 Å². The fourth-order valence-electron chi connectivity index (χ4n) is 2.12. The number of rotatable bonds is 2. The van der Waals surface area contributed by atoms with Crippen molar-refractivity contribution in [2.75, 3.05) is 13.1 Å². The van der Waals surface area contributed by atoms with E-state index in [0.717, 1.165) is 6.54 Å². The van der Waals surface area contributed by atoms with Gasteiger partial charge in [-0.2, -0.15) is 13.2 Å². The van der Waals surface area contributed by atoms with E-state index in [1.165, 1.54) is 0 Å². The summed E-state index contributed by atoms with van der Waals surface area (Å²) in [6.07, 6.45) is -4.78. The third-order valence-corrected chi connectivity index (χ3v) is 2.91. The van der Waals surface area contributed by atoms with Gasteiger partial charge >= 0.3 is 6.18 Å². The molecule has 1 aliphatic heterocycles. The van der Waals surface area contributed by atoms with E-state index in [4.69, 9.17) is 0 Å². The third kappa shape index (κ3) is 3.99. The molecule has 0 aromatic rings. The van der Waals surface area contributed by atoms with E-state index >= 15 is 0 Å². The molecule has 1 aliphatic rings. The fourth-order valence-corrected chi connectivity index (χ4v) is 2.12. The first-order valence-corrected chi connectivity index (χ1v) is 5.35. The summed E-state index contributed by atoms with van der Waals surface area (Å²) in [4.78, 5) is 1.94. The molecule has 15 heavy (non-hydrogen) atoms. The van der Waals surface area contributed by atoms with E-state index in [1.54, 1.807) is 6.92 Å². The second-order valence-corrected chi connectivity index (χ2v) is 4.52. The Morgan fingerprint density at radius 3 is 2.53 bits per heavy atom. The summed E-state index contributed by atoms with van der Waals surface area (Å²) < 4.78 is 36.7. The first-order chi connectivity index (χ1) is 6.79. The summed E-state index contributed by atoms with van der Waals surface area (Å²) in [5.74, 6) is 0. The molecule has 0 aromatic heterocycles. The van der Waals surface area contributed by atoms with Gasteiger partial charge in [0.15, 0.2) is 0 Å². The summed E-state index contributed by atoms with van der Waals surface area (Å²) >= 11 is 0. The highest BCUT2D eigenvalue weighted by atomic mass is 19.4. The maximum absolute atomic E-state index is 12.2. The number of hydrogen-bond donors (Lipinski definition) is 1. The summed E-state index contributed by atoms with van der Waals surface area (Å²) in [6.45, 7) is 7.08. The second-order valence-electron chi connectivity index (χ2n) is 4.52. The molecule has 3 atom stereocenters. The summed E-state index contributed by atoms with van der Waals surface area (Å²) in [5, 5.41) is 3.26. The van der Waals surface area contributed by atoms with Gasteiger partial charge in [-0.25, -0.2) is 0 Å². The van der Waals surface area contributed by atoms with Gasteiger partial charge in [0.05, 0.1) is 6.42 Å². The number of nitrogens with one attached hydrogen (secondary N) is 1. The van der Waals surface area contributed by atoms with Crippen LogP contribution >= 0.6 is 0 Å². The molecule has 0 radical (unpaired) electrons. The molecule has 90 valence electrons. The Bertz CT molecular complexity index is 205. The van der Waals surface area contributed by atoms with Gasteiger partial charge in [-0.15, -0.1) is 0 Å². The van der Waals surface area contributed by atoms with E-state index in [1.807, 2.05) is 18.7 Å². The normalized spacial score (nSPS) is 31.6. The highest BCUT2D eigenvalue weighted by Gasteiger charge is 2.35. The molecule has 0 amide bonds. The van der Waals surface area contributed by atoms with Crippen molar-refractivity contribution in [3.63, 3.8) is 0 Å². The molecule has 1 N–H and O–H groups in total. The molecule has 0 bridgehead atoms. The molecular weight excluding hydrogens is 205 g/mol. The fraction of sp³-hybridized carbons (Fsp3) is 1.00. The van der Waals surface area contributed by atoms with Crippen LogP contribution in [0.25, 0.3) is 0 Å². The molecule has 5 heteroatoms. The molecule has 0 saturated carbocycles. The van der Waals surface area contributed by atoms with Crippen LogP contribution in [0.3, 0.4) is 0 Å². The topological polar surface area (TPSA) is 15.3 Å². The van der Waals surface area contributed by atoms with E-state index in [9.17, 15) is 13.2 Å². The summed E-state index contributed by atoms with van der Waals surface area (Å²) in [7, 11) is 0. The Hall–Kier alpha value is -0.290. The first-order valence-electron chi connectivity index (χ1n) is 5.35. The van der Waals surface area contributed by atoms with E-state index in [2.05, 4.69) is 5.32 Å². The zero-order chi connectivity index (χ0) is 11.6. The predicted molar refractivity (Wildman–Crippen MR) is 53.8 cm³/mol. The number of nitrogens with zero attached hydrogens (tertiary/aromatic N) is 1. The SMILES string of the molecule is CC1CN(C(C)CC(F)(F)F)C(C)CN1. The summed E-state index contributed by atoms with van der Waals surface area (Å²) in [5.41, 5.74) is 0. The van der Waals surface area contributed by atoms with Gasteiger partial charge in [0.1, 0.15) is 0 Å². The number of piperazine rings is 1. The highest BCUT2D eigenvalue weighted by molar-refractivity contribution is 4.85. The predicted octanol–water partition coefficient (Wildman–Crippen LogP) is 2.01. The second kappa shape index (κ2) is 4.70. The van der Waals surface area contributed by atoms with Gasteiger partial charge in [-0.1, -0.05) is 0 Å². The molecule has 0 aromatic carbocycles. The average Bonchev–Trinajstić information content (AvgIpc) is 2.06. The number of hydrogen-bond acceptors (Lipinski definition) is 2. The van der Waals surface area contributed by atoms with Crippen LogP contribution < -0.4 is 5.32 Å². The Morgan fingerprint density at radius 1 is 1.40 bits per heavy atom. The lowest BCUT2D eigenvalue weighted by Crippen LogP contribution is -2.57. The Labute approximate surface area is 88.8 Å². The largest absolute Gasteiger partial charge is 0.390 e. The van der Waals surface area contributed by atoms with Crippen molar-refractivity contribution in [3.8, 4) is 0 Å². The van der Waals surface area contributed by atoms with Crippen molar-refractivity contribution in [1.29, 1.82) is 0 Å². The maximum atomic E-state index is 12.2. The zero-order valence-corrected chi connectivity index (χ0v) is 9.43. The Balaban J connectivity index is 2.53. The van der Waals surface area contributed by atoms with Crippen LogP contribution in [0.4, 0.5) is 13.2 Å². The van der Waals surface area contributed by atoms with Gasteiger partial charge in [0, 0.05) is 31.2 Å². The molecule has 1 heterocycles. The van der Waals surface area contributed by atoms with Crippen LogP contribution in [0.15, 0.2) is 0 Å². The molecule has 1 fully saturated rings. The number of halogens is 3. The van der Waals surface area contributed by atoms with Gasteiger partial charge in [0.2, 0.25) is 0 Å². The standard InChI is InChI=1S/C10H19F3N2/c1-7-6-15(9(3)5-14-7)8(2)4-10(11,12)13/h7-9,14H,4-6H2,1-3H3. The quantitative estimate of drug-likeness (QED) is 0.772. The van der Waals surface area contributed by atoms with Gasteiger partial charge < -0.3 is 5.32 Å². The van der Waals surface area contributed by atoms with Crippen LogP contribution in [0.1, 0.15) is 27.2 Å². The van der Waals surface area contributed by atoms with Crippen molar-refractivity contribution >= 4 is 0 Å². The summed E-state index contributed by atoms with van der Waals surface area (Å²) in [6, 6.07) is 0.0278. The minimum atomic E-state index is -4.06. The molecule has 1 saturated heterocycles. The molecule has 3 unspecified atom stereocenters. The van der Waals surface area contributed by atoms with Crippen molar-refractivity contribution in [2.24, 2.45) is 0 Å². The lowest BCUT2D eigenvalue weighted by molar-refractivity contribution is -0.148. The molecule has 0 spiro atoms. The van der Waals surface area contributed by atoms with Crippen molar-refractivity contribution in [2.45, 2.75) is 51.5 Å². The third-order valence-electron chi connectivity index (χ3n) is 2.91. The molecular formula is C10H19F3N2. The molecule has 0 aliphatic carbocycles. The highest BCUT2D eigenvalue weighted by Crippen LogP contribution is 2.25. The Kier molecular flexibility index (Phi) is 4.00. The monoisotopic (exact) mass is 224 g/mol. The zero-order valence-electron chi connectivity index (χ0n) is 9.43. The van der Waals surface area contributed by atoms with Crippen LogP contribution in [0.5, 0.6) is 0 Å². The minimum absolute atomic E-state index is 0.179. The van der Waals surface area contributed by atoms with E-state index < -0.39 is 18.6 Å². The average molecular weight is 224 g/mol.